The molecule has 25 heavy (non-hydrogen) atoms. The molecule has 2 heterocycles. The zero-order valence-electron chi connectivity index (χ0n) is 13.8. The Morgan fingerprint density at radius 3 is 2.76 bits per heavy atom. The number of hydrogen-bond donors (Lipinski definition) is 1. The van der Waals surface area contributed by atoms with Gasteiger partial charge in [0.2, 0.25) is 5.91 Å². The van der Waals surface area contributed by atoms with Gasteiger partial charge in [-0.1, -0.05) is 36.8 Å². The molecule has 0 radical (unpaired) electrons. The lowest BCUT2D eigenvalue weighted by molar-refractivity contribution is -0.122. The van der Waals surface area contributed by atoms with Crippen LogP contribution in [0.4, 0.5) is 0 Å². The van der Waals surface area contributed by atoms with E-state index in [1.54, 1.807) is 6.07 Å². The molecule has 1 aromatic carbocycles. The lowest BCUT2D eigenvalue weighted by Gasteiger charge is -2.42. The van der Waals surface area contributed by atoms with Crippen molar-refractivity contribution in [1.29, 1.82) is 0 Å². The second-order valence-electron chi connectivity index (χ2n) is 6.59. The monoisotopic (exact) mass is 353 g/mol. The molecule has 1 N–H and O–H groups in total. The summed E-state index contributed by atoms with van der Waals surface area (Å²) in [5.74, 6) is -0.152. The van der Waals surface area contributed by atoms with Crippen molar-refractivity contribution in [1.82, 2.24) is 14.9 Å². The Labute approximate surface area is 149 Å². The lowest BCUT2D eigenvalue weighted by atomic mass is 9.64. The summed E-state index contributed by atoms with van der Waals surface area (Å²) < 4.78 is 1.38. The molecule has 4 rings (SSSR count). The van der Waals surface area contributed by atoms with E-state index in [0.717, 1.165) is 12.8 Å². The number of rotatable bonds is 5. The third-order valence-corrected chi connectivity index (χ3v) is 5.91. The number of carbonyl (C=O) groups excluding carboxylic acids is 1. The fraction of sp³-hybridized carbons (Fsp3) is 0.316. The predicted molar refractivity (Wildman–Crippen MR) is 98.9 cm³/mol. The van der Waals surface area contributed by atoms with Gasteiger partial charge >= 0.3 is 0 Å². The molecule has 6 heteroatoms. The van der Waals surface area contributed by atoms with Crippen LogP contribution in [0, 0.1) is 0 Å². The van der Waals surface area contributed by atoms with Gasteiger partial charge < -0.3 is 5.32 Å². The van der Waals surface area contributed by atoms with E-state index in [1.807, 2.05) is 23.6 Å². The van der Waals surface area contributed by atoms with Crippen molar-refractivity contribution in [3.8, 4) is 0 Å². The zero-order valence-corrected chi connectivity index (χ0v) is 14.6. The average molecular weight is 353 g/mol. The van der Waals surface area contributed by atoms with Gasteiger partial charge in [-0.25, -0.2) is 4.98 Å². The second-order valence-corrected chi connectivity index (χ2v) is 7.49. The molecule has 1 aliphatic rings. The van der Waals surface area contributed by atoms with Gasteiger partial charge in [0, 0.05) is 12.0 Å². The summed E-state index contributed by atoms with van der Waals surface area (Å²) in [4.78, 5) is 29.7. The number of nitrogens with one attached hydrogen (secondary N) is 1. The Kier molecular flexibility index (Phi) is 4.13. The van der Waals surface area contributed by atoms with E-state index in [2.05, 4.69) is 22.4 Å². The molecule has 1 fully saturated rings. The number of hydrogen-bond acceptors (Lipinski definition) is 4. The number of aromatic nitrogens is 2. The SMILES string of the molecule is O=C(Cn1cnc2sccc2c1=O)NCC1(c2ccccc2)CCC1. The van der Waals surface area contributed by atoms with E-state index >= 15 is 0 Å². The van der Waals surface area contributed by atoms with E-state index in [0.29, 0.717) is 16.8 Å². The van der Waals surface area contributed by atoms with Gasteiger partial charge in [-0.05, 0) is 29.9 Å². The molecule has 5 nitrogen and oxygen atoms in total. The van der Waals surface area contributed by atoms with Crippen molar-refractivity contribution in [2.24, 2.45) is 0 Å². The van der Waals surface area contributed by atoms with Gasteiger partial charge in [-0.15, -0.1) is 11.3 Å². The van der Waals surface area contributed by atoms with Crippen LogP contribution in [-0.4, -0.2) is 22.0 Å². The van der Waals surface area contributed by atoms with Gasteiger partial charge in [0.1, 0.15) is 11.4 Å². The molecule has 0 atom stereocenters. The Bertz CT molecular complexity index is 957. The van der Waals surface area contributed by atoms with Crippen LogP contribution in [0.1, 0.15) is 24.8 Å². The summed E-state index contributed by atoms with van der Waals surface area (Å²) in [7, 11) is 0. The van der Waals surface area contributed by atoms with E-state index in [1.165, 1.54) is 34.2 Å². The summed E-state index contributed by atoms with van der Waals surface area (Å²) in [5.41, 5.74) is 1.15. The summed E-state index contributed by atoms with van der Waals surface area (Å²) >= 11 is 1.43. The number of nitrogens with zero attached hydrogens (tertiary/aromatic N) is 2. The molecule has 0 unspecified atom stereocenters. The fourth-order valence-electron chi connectivity index (χ4n) is 3.45. The molecular formula is C19H19N3O2S. The topological polar surface area (TPSA) is 64.0 Å². The van der Waals surface area contributed by atoms with Crippen molar-refractivity contribution < 1.29 is 4.79 Å². The fourth-order valence-corrected chi connectivity index (χ4v) is 4.17. The largest absolute Gasteiger partial charge is 0.354 e. The maximum atomic E-state index is 12.4. The highest BCUT2D eigenvalue weighted by Crippen LogP contribution is 2.43. The molecule has 2 aromatic heterocycles. The average Bonchev–Trinajstić information content (AvgIpc) is 3.07. The molecule has 3 aromatic rings. The second kappa shape index (κ2) is 6.44. The number of fused-ring (bicyclic) bond motifs is 1. The minimum Gasteiger partial charge on any atom is -0.354 e. The maximum Gasteiger partial charge on any atom is 0.262 e. The molecule has 1 aliphatic carbocycles. The first-order chi connectivity index (χ1) is 12.2. The van der Waals surface area contributed by atoms with Gasteiger partial charge in [-0.3, -0.25) is 14.2 Å². The van der Waals surface area contributed by atoms with Crippen LogP contribution in [0.2, 0.25) is 0 Å². The molecule has 0 spiro atoms. The van der Waals surface area contributed by atoms with Crippen LogP contribution in [-0.2, 0) is 16.8 Å². The molecule has 0 saturated heterocycles. The number of benzene rings is 1. The van der Waals surface area contributed by atoms with Crippen LogP contribution >= 0.6 is 11.3 Å². The first kappa shape index (κ1) is 16.0. The van der Waals surface area contributed by atoms with E-state index in [4.69, 9.17) is 0 Å². The summed E-state index contributed by atoms with van der Waals surface area (Å²) in [5, 5.41) is 5.42. The van der Waals surface area contributed by atoms with Gasteiger partial charge in [0.05, 0.1) is 11.7 Å². The van der Waals surface area contributed by atoms with Crippen molar-refractivity contribution in [2.45, 2.75) is 31.2 Å². The molecule has 0 bridgehead atoms. The highest BCUT2D eigenvalue weighted by Gasteiger charge is 2.38. The first-order valence-electron chi connectivity index (χ1n) is 8.43. The summed E-state index contributed by atoms with van der Waals surface area (Å²) in [6.45, 7) is 0.612. The van der Waals surface area contributed by atoms with Crippen molar-refractivity contribution in [3.05, 3.63) is 64.0 Å². The highest BCUT2D eigenvalue weighted by atomic mass is 32.1. The van der Waals surface area contributed by atoms with Crippen LogP contribution in [0.25, 0.3) is 10.2 Å². The predicted octanol–water partition coefficient (Wildman–Crippen LogP) is 2.70. The quantitative estimate of drug-likeness (QED) is 0.767. The first-order valence-corrected chi connectivity index (χ1v) is 9.31. The lowest BCUT2D eigenvalue weighted by Crippen LogP contribution is -2.46. The van der Waals surface area contributed by atoms with E-state index in [-0.39, 0.29) is 23.4 Å². The minimum absolute atomic E-state index is 0.00247. The smallest absolute Gasteiger partial charge is 0.262 e. The molecular weight excluding hydrogens is 334 g/mol. The van der Waals surface area contributed by atoms with Crippen LogP contribution in [0.3, 0.4) is 0 Å². The Hall–Kier alpha value is -2.47. The van der Waals surface area contributed by atoms with Crippen molar-refractivity contribution >= 4 is 27.5 Å². The molecule has 1 amide bonds. The highest BCUT2D eigenvalue weighted by molar-refractivity contribution is 7.16. The van der Waals surface area contributed by atoms with E-state index in [9.17, 15) is 9.59 Å². The number of carbonyl (C=O) groups is 1. The third kappa shape index (κ3) is 2.98. The number of thiophene rings is 1. The molecule has 1 saturated carbocycles. The Balaban J connectivity index is 1.45. The third-order valence-electron chi connectivity index (χ3n) is 5.09. The molecule has 128 valence electrons. The summed E-state index contributed by atoms with van der Waals surface area (Å²) in [6, 6.07) is 12.1. The van der Waals surface area contributed by atoms with Crippen LogP contribution in [0.5, 0.6) is 0 Å². The van der Waals surface area contributed by atoms with Crippen molar-refractivity contribution in [2.75, 3.05) is 6.54 Å². The Morgan fingerprint density at radius 1 is 1.24 bits per heavy atom. The minimum atomic E-state index is -0.164. The van der Waals surface area contributed by atoms with Gasteiger partial charge in [0.15, 0.2) is 0 Å². The van der Waals surface area contributed by atoms with Crippen molar-refractivity contribution in [3.63, 3.8) is 0 Å². The summed E-state index contributed by atoms with van der Waals surface area (Å²) in [6.07, 6.45) is 4.80. The van der Waals surface area contributed by atoms with Gasteiger partial charge in [0.25, 0.3) is 5.56 Å². The van der Waals surface area contributed by atoms with Gasteiger partial charge in [-0.2, -0.15) is 0 Å². The van der Waals surface area contributed by atoms with E-state index < -0.39 is 0 Å². The van der Waals surface area contributed by atoms with Crippen LogP contribution < -0.4 is 10.9 Å². The zero-order chi connectivity index (χ0) is 17.3. The Morgan fingerprint density at radius 2 is 2.04 bits per heavy atom. The van der Waals surface area contributed by atoms with Crippen LogP contribution in [0.15, 0.2) is 52.9 Å². The number of amides is 1. The normalized spacial score (nSPS) is 15.7. The standard InChI is InChI=1S/C19H19N3O2S/c23-16(11-22-13-21-17-15(18(22)24)7-10-25-17)20-12-19(8-4-9-19)14-5-2-1-3-6-14/h1-3,5-7,10,13H,4,8-9,11-12H2,(H,20,23). The molecule has 0 aliphatic heterocycles. The maximum absolute atomic E-state index is 12.4.